The summed E-state index contributed by atoms with van der Waals surface area (Å²) >= 11 is 5.05. The first-order chi connectivity index (χ1) is 8.15. The van der Waals surface area contributed by atoms with Crippen LogP contribution in [0.3, 0.4) is 0 Å². The second-order valence-corrected chi connectivity index (χ2v) is 5.19. The fourth-order valence-corrected chi connectivity index (χ4v) is 2.53. The molecule has 2 N–H and O–H groups in total. The molecule has 0 radical (unpaired) electrons. The van der Waals surface area contributed by atoms with Crippen LogP contribution in [0.25, 0.3) is 0 Å². The lowest BCUT2D eigenvalue weighted by Crippen LogP contribution is -2.37. The average molecular weight is 249 g/mol. The molecule has 1 aromatic heterocycles. The molecule has 1 aromatic rings. The molecule has 2 rings (SSSR count). The van der Waals surface area contributed by atoms with Gasteiger partial charge in [0, 0.05) is 18.2 Å². The van der Waals surface area contributed by atoms with Gasteiger partial charge in [0.25, 0.3) is 0 Å². The van der Waals surface area contributed by atoms with Gasteiger partial charge < -0.3 is 5.73 Å². The lowest BCUT2D eigenvalue weighted by Gasteiger charge is -2.31. The lowest BCUT2D eigenvalue weighted by molar-refractivity contribution is 0.200. The van der Waals surface area contributed by atoms with Crippen LogP contribution in [0.4, 0.5) is 0 Å². The number of pyridine rings is 1. The number of piperidine rings is 1. The van der Waals surface area contributed by atoms with E-state index in [9.17, 15) is 0 Å². The number of nitrogens with zero attached hydrogens (tertiary/aromatic N) is 2. The topological polar surface area (TPSA) is 42.1 Å². The van der Waals surface area contributed by atoms with E-state index >= 15 is 0 Å². The van der Waals surface area contributed by atoms with Crippen LogP contribution in [-0.2, 0) is 6.54 Å². The predicted molar refractivity (Wildman–Crippen MR) is 73.8 cm³/mol. The zero-order valence-corrected chi connectivity index (χ0v) is 11.0. The standard InChI is InChI=1S/C13H19N3S/c1-10-3-2-4-12(15-10)9-16-7-5-11(6-8-16)13(14)17/h2-4,11H,5-9H2,1H3,(H2,14,17). The number of thiocarbonyl (C=S) groups is 1. The summed E-state index contributed by atoms with van der Waals surface area (Å²) in [7, 11) is 0. The van der Waals surface area contributed by atoms with Crippen LogP contribution in [0.2, 0.25) is 0 Å². The summed E-state index contributed by atoms with van der Waals surface area (Å²) < 4.78 is 0. The molecular weight excluding hydrogens is 230 g/mol. The van der Waals surface area contributed by atoms with Crippen LogP contribution in [-0.4, -0.2) is 28.0 Å². The van der Waals surface area contributed by atoms with E-state index in [-0.39, 0.29) is 0 Å². The number of hydrogen-bond acceptors (Lipinski definition) is 3. The van der Waals surface area contributed by atoms with Crippen LogP contribution < -0.4 is 5.73 Å². The molecular formula is C13H19N3S. The molecule has 2 heterocycles. The summed E-state index contributed by atoms with van der Waals surface area (Å²) in [5.41, 5.74) is 7.92. The molecule has 0 saturated carbocycles. The Labute approximate surface area is 108 Å². The Morgan fingerprint density at radius 1 is 1.47 bits per heavy atom. The smallest absolute Gasteiger partial charge is 0.0759 e. The van der Waals surface area contributed by atoms with Gasteiger partial charge in [-0.15, -0.1) is 0 Å². The van der Waals surface area contributed by atoms with Crippen molar-refractivity contribution in [1.82, 2.24) is 9.88 Å². The molecule has 0 amide bonds. The van der Waals surface area contributed by atoms with E-state index in [1.54, 1.807) is 0 Å². The highest BCUT2D eigenvalue weighted by molar-refractivity contribution is 7.80. The summed E-state index contributed by atoms with van der Waals surface area (Å²) in [4.78, 5) is 7.64. The van der Waals surface area contributed by atoms with Crippen molar-refractivity contribution in [3.05, 3.63) is 29.6 Å². The minimum atomic E-state index is 0.437. The van der Waals surface area contributed by atoms with E-state index in [1.165, 1.54) is 0 Å². The van der Waals surface area contributed by atoms with Crippen LogP contribution in [0.5, 0.6) is 0 Å². The second kappa shape index (κ2) is 5.56. The van der Waals surface area contributed by atoms with E-state index in [1.807, 2.05) is 13.0 Å². The highest BCUT2D eigenvalue weighted by Crippen LogP contribution is 2.18. The molecule has 1 aliphatic rings. The quantitative estimate of drug-likeness (QED) is 0.831. The molecule has 17 heavy (non-hydrogen) atoms. The Kier molecular flexibility index (Phi) is 4.07. The van der Waals surface area contributed by atoms with Gasteiger partial charge in [0.05, 0.1) is 10.7 Å². The van der Waals surface area contributed by atoms with Crippen LogP contribution >= 0.6 is 12.2 Å². The monoisotopic (exact) mass is 249 g/mol. The van der Waals surface area contributed by atoms with Gasteiger partial charge in [0.2, 0.25) is 0 Å². The molecule has 1 fully saturated rings. The van der Waals surface area contributed by atoms with Crippen molar-refractivity contribution >= 4 is 17.2 Å². The summed E-state index contributed by atoms with van der Waals surface area (Å²) in [5, 5.41) is 0. The van der Waals surface area contributed by atoms with Gasteiger partial charge in [-0.2, -0.15) is 0 Å². The second-order valence-electron chi connectivity index (χ2n) is 4.72. The fraction of sp³-hybridized carbons (Fsp3) is 0.538. The van der Waals surface area contributed by atoms with Crippen molar-refractivity contribution in [3.8, 4) is 0 Å². The van der Waals surface area contributed by atoms with Gasteiger partial charge in [0.15, 0.2) is 0 Å². The van der Waals surface area contributed by atoms with Crippen molar-refractivity contribution in [2.75, 3.05) is 13.1 Å². The molecule has 4 heteroatoms. The molecule has 0 spiro atoms. The van der Waals surface area contributed by atoms with Gasteiger partial charge in [0.1, 0.15) is 0 Å². The Balaban J connectivity index is 1.88. The minimum absolute atomic E-state index is 0.437. The fourth-order valence-electron chi connectivity index (χ4n) is 2.29. The van der Waals surface area contributed by atoms with Gasteiger partial charge >= 0.3 is 0 Å². The third-order valence-corrected chi connectivity index (χ3v) is 3.65. The minimum Gasteiger partial charge on any atom is -0.393 e. The normalized spacial score (nSPS) is 18.2. The van der Waals surface area contributed by atoms with Gasteiger partial charge in [-0.25, -0.2) is 0 Å². The zero-order chi connectivity index (χ0) is 12.3. The SMILES string of the molecule is Cc1cccc(CN2CCC(C(N)=S)CC2)n1. The number of aryl methyl sites for hydroxylation is 1. The molecule has 0 atom stereocenters. The maximum Gasteiger partial charge on any atom is 0.0759 e. The molecule has 92 valence electrons. The lowest BCUT2D eigenvalue weighted by atomic mass is 9.97. The molecule has 0 aromatic carbocycles. The average Bonchev–Trinajstić information content (AvgIpc) is 2.29. The first-order valence-electron chi connectivity index (χ1n) is 6.09. The maximum absolute atomic E-state index is 5.69. The molecule has 3 nitrogen and oxygen atoms in total. The van der Waals surface area contributed by atoms with E-state index in [0.717, 1.165) is 43.9 Å². The van der Waals surface area contributed by atoms with Crippen LogP contribution in [0.15, 0.2) is 18.2 Å². The molecule has 0 bridgehead atoms. The van der Waals surface area contributed by atoms with E-state index in [0.29, 0.717) is 10.9 Å². The van der Waals surface area contributed by atoms with E-state index < -0.39 is 0 Å². The predicted octanol–water partition coefficient (Wildman–Crippen LogP) is 1.89. The summed E-state index contributed by atoms with van der Waals surface area (Å²) in [6.07, 6.45) is 2.17. The highest BCUT2D eigenvalue weighted by Gasteiger charge is 2.21. The van der Waals surface area contributed by atoms with Crippen molar-refractivity contribution in [2.24, 2.45) is 11.7 Å². The highest BCUT2D eigenvalue weighted by atomic mass is 32.1. The number of rotatable bonds is 3. The summed E-state index contributed by atoms with van der Waals surface area (Å²) in [6.45, 7) is 5.10. The summed E-state index contributed by atoms with van der Waals surface area (Å²) in [5.74, 6) is 0.437. The number of aromatic nitrogens is 1. The van der Waals surface area contributed by atoms with Crippen molar-refractivity contribution in [2.45, 2.75) is 26.3 Å². The number of hydrogen-bond donors (Lipinski definition) is 1. The molecule has 1 saturated heterocycles. The van der Waals surface area contributed by atoms with Gasteiger partial charge in [-0.05, 0) is 45.0 Å². The first kappa shape index (κ1) is 12.5. The van der Waals surface area contributed by atoms with Crippen molar-refractivity contribution in [1.29, 1.82) is 0 Å². The first-order valence-corrected chi connectivity index (χ1v) is 6.50. The molecule has 1 aliphatic heterocycles. The van der Waals surface area contributed by atoms with Gasteiger partial charge in [-0.3, -0.25) is 9.88 Å². The van der Waals surface area contributed by atoms with Crippen molar-refractivity contribution in [3.63, 3.8) is 0 Å². The zero-order valence-electron chi connectivity index (χ0n) is 10.2. The van der Waals surface area contributed by atoms with E-state index in [4.69, 9.17) is 18.0 Å². The molecule has 0 aliphatic carbocycles. The Morgan fingerprint density at radius 2 is 2.18 bits per heavy atom. The largest absolute Gasteiger partial charge is 0.393 e. The Morgan fingerprint density at radius 3 is 2.76 bits per heavy atom. The van der Waals surface area contributed by atoms with Gasteiger partial charge in [-0.1, -0.05) is 18.3 Å². The van der Waals surface area contributed by atoms with Crippen molar-refractivity contribution < 1.29 is 0 Å². The Bertz CT molecular complexity index is 397. The summed E-state index contributed by atoms with van der Waals surface area (Å²) in [6, 6.07) is 6.19. The number of likely N-dealkylation sites (tertiary alicyclic amines) is 1. The number of nitrogens with two attached hydrogens (primary N) is 1. The third-order valence-electron chi connectivity index (χ3n) is 3.32. The van der Waals surface area contributed by atoms with Crippen LogP contribution in [0, 0.1) is 12.8 Å². The van der Waals surface area contributed by atoms with E-state index in [2.05, 4.69) is 22.0 Å². The third kappa shape index (κ3) is 3.48. The maximum atomic E-state index is 5.69. The Hall–Kier alpha value is -1.00. The van der Waals surface area contributed by atoms with Crippen LogP contribution in [0.1, 0.15) is 24.2 Å². The molecule has 0 unspecified atom stereocenters.